The van der Waals surface area contributed by atoms with Gasteiger partial charge in [0.05, 0.1) is 11.3 Å². The summed E-state index contributed by atoms with van der Waals surface area (Å²) in [5, 5.41) is 15.1. The summed E-state index contributed by atoms with van der Waals surface area (Å²) >= 11 is 12.2. The van der Waals surface area contributed by atoms with Crippen LogP contribution < -0.4 is 10.6 Å². The quantitative estimate of drug-likeness (QED) is 0.699. The summed E-state index contributed by atoms with van der Waals surface area (Å²) in [6, 6.07) is 9.89. The minimum absolute atomic E-state index is 0.0815. The molecular formula is C18H16Cl2N2O4. The molecule has 2 aromatic carbocycles. The minimum atomic E-state index is -1.25. The number of para-hydroxylation sites is 1. The number of amides is 2. The van der Waals surface area contributed by atoms with Gasteiger partial charge in [-0.05, 0) is 29.8 Å². The highest BCUT2D eigenvalue weighted by Crippen LogP contribution is 2.26. The molecule has 0 aliphatic carbocycles. The van der Waals surface area contributed by atoms with Crippen LogP contribution in [0.2, 0.25) is 10.0 Å². The fourth-order valence-electron chi connectivity index (χ4n) is 2.35. The van der Waals surface area contributed by atoms with E-state index in [2.05, 4.69) is 10.6 Å². The first-order valence-electron chi connectivity index (χ1n) is 7.62. The minimum Gasteiger partial charge on any atom is -0.480 e. The maximum atomic E-state index is 12.5. The Morgan fingerprint density at radius 1 is 1.04 bits per heavy atom. The van der Waals surface area contributed by atoms with Crippen LogP contribution in [0.15, 0.2) is 42.5 Å². The Balaban J connectivity index is 2.24. The van der Waals surface area contributed by atoms with Crippen molar-refractivity contribution in [2.75, 3.05) is 5.32 Å². The summed E-state index contributed by atoms with van der Waals surface area (Å²) in [4.78, 5) is 35.4. The number of carbonyl (C=O) groups is 3. The smallest absolute Gasteiger partial charge is 0.326 e. The zero-order chi connectivity index (χ0) is 19.3. The first-order valence-corrected chi connectivity index (χ1v) is 8.38. The molecule has 2 aromatic rings. The maximum Gasteiger partial charge on any atom is 0.326 e. The van der Waals surface area contributed by atoms with Crippen LogP contribution in [0.25, 0.3) is 0 Å². The van der Waals surface area contributed by atoms with Gasteiger partial charge in [-0.1, -0.05) is 41.4 Å². The fourth-order valence-corrected chi connectivity index (χ4v) is 2.90. The van der Waals surface area contributed by atoms with Gasteiger partial charge in [0, 0.05) is 23.4 Å². The third-order valence-corrected chi connectivity index (χ3v) is 4.26. The van der Waals surface area contributed by atoms with Crippen molar-refractivity contribution in [2.24, 2.45) is 0 Å². The van der Waals surface area contributed by atoms with Crippen LogP contribution in [0.1, 0.15) is 22.8 Å². The first-order chi connectivity index (χ1) is 12.3. The summed E-state index contributed by atoms with van der Waals surface area (Å²) in [5.41, 5.74) is 0.871. The Morgan fingerprint density at radius 2 is 1.65 bits per heavy atom. The van der Waals surface area contributed by atoms with Gasteiger partial charge in [0.1, 0.15) is 6.04 Å². The van der Waals surface area contributed by atoms with Crippen LogP contribution in [0, 0.1) is 0 Å². The lowest BCUT2D eigenvalue weighted by Crippen LogP contribution is -2.42. The van der Waals surface area contributed by atoms with Gasteiger partial charge in [0.15, 0.2) is 0 Å². The number of carbonyl (C=O) groups excluding carboxylic acids is 2. The molecule has 0 aliphatic rings. The fraction of sp³-hybridized carbons (Fsp3) is 0.167. The SMILES string of the molecule is CC(=O)Nc1ccccc1C(=O)N[C@H](Cc1c(Cl)cccc1Cl)C(=O)O. The van der Waals surface area contributed by atoms with Crippen molar-refractivity contribution in [3.05, 3.63) is 63.6 Å². The Labute approximate surface area is 160 Å². The van der Waals surface area contributed by atoms with E-state index in [0.29, 0.717) is 15.6 Å². The Kier molecular flexibility index (Phi) is 6.60. The van der Waals surface area contributed by atoms with Crippen molar-refractivity contribution >= 4 is 46.7 Å². The monoisotopic (exact) mass is 394 g/mol. The number of rotatable bonds is 6. The molecule has 6 nitrogen and oxygen atoms in total. The van der Waals surface area contributed by atoms with Crippen molar-refractivity contribution in [1.82, 2.24) is 5.32 Å². The standard InChI is InChI=1S/C18H16Cl2N2O4/c1-10(23)21-15-8-3-2-5-11(15)17(24)22-16(18(25)26)9-12-13(19)6-4-7-14(12)20/h2-8,16H,9H2,1H3,(H,21,23)(H,22,24)(H,25,26)/t16-/m1/s1. The highest BCUT2D eigenvalue weighted by Gasteiger charge is 2.24. The molecule has 0 radical (unpaired) electrons. The number of hydrogen-bond acceptors (Lipinski definition) is 3. The lowest BCUT2D eigenvalue weighted by atomic mass is 10.0. The van der Waals surface area contributed by atoms with Gasteiger partial charge in [0.2, 0.25) is 5.91 Å². The van der Waals surface area contributed by atoms with Gasteiger partial charge in [-0.3, -0.25) is 9.59 Å². The van der Waals surface area contributed by atoms with E-state index in [1.54, 1.807) is 36.4 Å². The predicted octanol–water partition coefficient (Wildman–Crippen LogP) is 3.38. The molecular weight excluding hydrogens is 379 g/mol. The van der Waals surface area contributed by atoms with Crippen LogP contribution in [0.3, 0.4) is 0 Å². The number of aliphatic carboxylic acids is 1. The van der Waals surface area contributed by atoms with Crippen LogP contribution in [0.4, 0.5) is 5.69 Å². The lowest BCUT2D eigenvalue weighted by molar-refractivity contribution is -0.139. The molecule has 136 valence electrons. The van der Waals surface area contributed by atoms with Gasteiger partial charge in [-0.25, -0.2) is 4.79 Å². The molecule has 0 unspecified atom stereocenters. The molecule has 26 heavy (non-hydrogen) atoms. The number of nitrogens with one attached hydrogen (secondary N) is 2. The summed E-state index contributed by atoms with van der Waals surface area (Å²) in [7, 11) is 0. The molecule has 0 aliphatic heterocycles. The van der Waals surface area contributed by atoms with E-state index in [9.17, 15) is 19.5 Å². The van der Waals surface area contributed by atoms with Crippen LogP contribution in [-0.4, -0.2) is 28.9 Å². The van der Waals surface area contributed by atoms with Gasteiger partial charge in [-0.15, -0.1) is 0 Å². The molecule has 0 aromatic heterocycles. The van der Waals surface area contributed by atoms with Crippen molar-refractivity contribution in [2.45, 2.75) is 19.4 Å². The third-order valence-electron chi connectivity index (χ3n) is 3.56. The molecule has 0 saturated heterocycles. The zero-order valence-electron chi connectivity index (χ0n) is 13.8. The molecule has 8 heteroatoms. The molecule has 2 rings (SSSR count). The summed E-state index contributed by atoms with van der Waals surface area (Å²) in [6.07, 6.45) is -0.0815. The van der Waals surface area contributed by atoms with E-state index in [1.807, 2.05) is 0 Å². The summed E-state index contributed by atoms with van der Waals surface area (Å²) < 4.78 is 0. The average molecular weight is 395 g/mol. The topological polar surface area (TPSA) is 95.5 Å². The van der Waals surface area contributed by atoms with E-state index in [0.717, 1.165) is 0 Å². The number of halogens is 2. The second-order valence-electron chi connectivity index (χ2n) is 5.50. The van der Waals surface area contributed by atoms with Gasteiger partial charge < -0.3 is 15.7 Å². The molecule has 0 heterocycles. The van der Waals surface area contributed by atoms with Gasteiger partial charge in [-0.2, -0.15) is 0 Å². The number of anilines is 1. The van der Waals surface area contributed by atoms with Crippen molar-refractivity contribution < 1.29 is 19.5 Å². The van der Waals surface area contributed by atoms with Crippen molar-refractivity contribution in [1.29, 1.82) is 0 Å². The van der Waals surface area contributed by atoms with Crippen LogP contribution in [-0.2, 0) is 16.0 Å². The Bertz CT molecular complexity index is 835. The number of carboxylic acids is 1. The normalized spacial score (nSPS) is 11.5. The third kappa shape index (κ3) is 4.97. The molecule has 0 spiro atoms. The largest absolute Gasteiger partial charge is 0.480 e. The lowest BCUT2D eigenvalue weighted by Gasteiger charge is -2.17. The number of carboxylic acid groups (broad SMARTS) is 1. The molecule has 0 saturated carbocycles. The predicted molar refractivity (Wildman–Crippen MR) is 99.8 cm³/mol. The van der Waals surface area contributed by atoms with E-state index >= 15 is 0 Å². The van der Waals surface area contributed by atoms with Gasteiger partial charge in [0.25, 0.3) is 5.91 Å². The van der Waals surface area contributed by atoms with E-state index in [4.69, 9.17) is 23.2 Å². The first kappa shape index (κ1) is 19.8. The molecule has 0 fully saturated rings. The number of hydrogen-bond donors (Lipinski definition) is 3. The summed E-state index contributed by atoms with van der Waals surface area (Å²) in [5.74, 6) is -2.21. The van der Waals surface area contributed by atoms with E-state index in [-0.39, 0.29) is 23.6 Å². The average Bonchev–Trinajstić information content (AvgIpc) is 2.56. The Hall–Kier alpha value is -2.57. The van der Waals surface area contributed by atoms with Crippen molar-refractivity contribution in [3.63, 3.8) is 0 Å². The second kappa shape index (κ2) is 8.69. The number of benzene rings is 2. The molecule has 0 bridgehead atoms. The van der Waals surface area contributed by atoms with Crippen LogP contribution in [0.5, 0.6) is 0 Å². The molecule has 1 atom stereocenters. The van der Waals surface area contributed by atoms with E-state index in [1.165, 1.54) is 13.0 Å². The van der Waals surface area contributed by atoms with E-state index < -0.39 is 17.9 Å². The zero-order valence-corrected chi connectivity index (χ0v) is 15.3. The van der Waals surface area contributed by atoms with Crippen molar-refractivity contribution in [3.8, 4) is 0 Å². The highest BCUT2D eigenvalue weighted by atomic mass is 35.5. The molecule has 3 N–H and O–H groups in total. The Morgan fingerprint density at radius 3 is 2.23 bits per heavy atom. The van der Waals surface area contributed by atoms with Gasteiger partial charge >= 0.3 is 5.97 Å². The second-order valence-corrected chi connectivity index (χ2v) is 6.31. The molecule has 2 amide bonds. The maximum absolute atomic E-state index is 12.5. The van der Waals surface area contributed by atoms with Crippen LogP contribution >= 0.6 is 23.2 Å². The highest BCUT2D eigenvalue weighted by molar-refractivity contribution is 6.36. The summed E-state index contributed by atoms with van der Waals surface area (Å²) in [6.45, 7) is 1.31.